The maximum absolute atomic E-state index is 11.9. The Balaban J connectivity index is 2.32. The molecular formula is C13H19F3N2O. The number of piperazine rings is 1. The Morgan fingerprint density at radius 3 is 2.26 bits per heavy atom. The Morgan fingerprint density at radius 2 is 1.74 bits per heavy atom. The van der Waals surface area contributed by atoms with Crippen LogP contribution in [0, 0.1) is 0 Å². The van der Waals surface area contributed by atoms with Crippen LogP contribution >= 0.6 is 0 Å². The molecule has 108 valence electrons. The number of likely N-dealkylation sites (N-methyl/N-ethyl adjacent to an activating group) is 1. The predicted octanol–water partition coefficient (Wildman–Crippen LogP) is 2.40. The highest BCUT2D eigenvalue weighted by Crippen LogP contribution is 2.20. The topological polar surface area (TPSA) is 15.7 Å². The summed E-state index contributed by atoms with van der Waals surface area (Å²) in [7, 11) is 2.06. The lowest BCUT2D eigenvalue weighted by Crippen LogP contribution is -2.44. The number of ether oxygens (including phenoxy) is 1. The maximum Gasteiger partial charge on any atom is 0.573 e. The summed E-state index contributed by atoms with van der Waals surface area (Å²) in [5.41, 5.74) is 0.733. The van der Waals surface area contributed by atoms with Gasteiger partial charge in [0.25, 0.3) is 0 Å². The van der Waals surface area contributed by atoms with Gasteiger partial charge in [-0.2, -0.15) is 0 Å². The Hall–Kier alpha value is -1.27. The number of hydrogen-bond donors (Lipinski definition) is 0. The van der Waals surface area contributed by atoms with Gasteiger partial charge in [0, 0.05) is 32.7 Å². The van der Waals surface area contributed by atoms with Gasteiger partial charge in [0.1, 0.15) is 5.76 Å². The lowest BCUT2D eigenvalue weighted by Gasteiger charge is -2.32. The smallest absolute Gasteiger partial charge is 0.406 e. The maximum atomic E-state index is 11.9. The summed E-state index contributed by atoms with van der Waals surface area (Å²) in [6.45, 7) is 11.5. The van der Waals surface area contributed by atoms with Crippen molar-refractivity contribution in [3.8, 4) is 0 Å². The van der Waals surface area contributed by atoms with Gasteiger partial charge in [0.2, 0.25) is 0 Å². The minimum Gasteiger partial charge on any atom is -0.406 e. The molecule has 1 fully saturated rings. The summed E-state index contributed by atoms with van der Waals surface area (Å²) in [5, 5.41) is 0. The average Bonchev–Trinajstić information content (AvgIpc) is 2.27. The van der Waals surface area contributed by atoms with E-state index in [1.54, 1.807) is 0 Å². The molecule has 1 aliphatic rings. The number of alkyl halides is 3. The van der Waals surface area contributed by atoms with Crippen LogP contribution in [0.15, 0.2) is 36.6 Å². The first-order chi connectivity index (χ1) is 8.76. The largest absolute Gasteiger partial charge is 0.573 e. The second-order valence-corrected chi connectivity index (χ2v) is 4.59. The van der Waals surface area contributed by atoms with Gasteiger partial charge >= 0.3 is 6.36 Å². The minimum atomic E-state index is -4.69. The Kier molecular flexibility index (Phi) is 5.62. The van der Waals surface area contributed by atoms with E-state index in [0.717, 1.165) is 31.8 Å². The zero-order valence-electron chi connectivity index (χ0n) is 11.0. The summed E-state index contributed by atoms with van der Waals surface area (Å²) in [4.78, 5) is 4.44. The van der Waals surface area contributed by atoms with E-state index >= 15 is 0 Å². The van der Waals surface area contributed by atoms with Gasteiger partial charge in [-0.15, -0.1) is 13.2 Å². The standard InChI is InChI=1S/C13H19F3N2O/c1-11(4-5-12(2)19-13(14,15)16)10-18-8-6-17(3)7-9-18/h4-5H,1-2,6-10H2,3H3/b5-4-. The van der Waals surface area contributed by atoms with Crippen molar-refractivity contribution >= 4 is 0 Å². The van der Waals surface area contributed by atoms with Crippen molar-refractivity contribution in [2.24, 2.45) is 0 Å². The summed E-state index contributed by atoms with van der Waals surface area (Å²) in [5.74, 6) is -0.438. The van der Waals surface area contributed by atoms with E-state index in [2.05, 4.69) is 34.7 Å². The van der Waals surface area contributed by atoms with Gasteiger partial charge in [-0.1, -0.05) is 19.2 Å². The van der Waals surface area contributed by atoms with Gasteiger partial charge in [0.15, 0.2) is 0 Å². The van der Waals surface area contributed by atoms with Crippen LogP contribution in [0.4, 0.5) is 13.2 Å². The van der Waals surface area contributed by atoms with Crippen LogP contribution in [-0.4, -0.2) is 55.9 Å². The fraction of sp³-hybridized carbons (Fsp3) is 0.538. The van der Waals surface area contributed by atoms with E-state index in [1.807, 2.05) is 0 Å². The minimum absolute atomic E-state index is 0.438. The number of rotatable bonds is 5. The molecular weight excluding hydrogens is 257 g/mol. The predicted molar refractivity (Wildman–Crippen MR) is 68.5 cm³/mol. The van der Waals surface area contributed by atoms with Crippen molar-refractivity contribution in [2.75, 3.05) is 39.8 Å². The molecule has 1 heterocycles. The first-order valence-corrected chi connectivity index (χ1v) is 5.97. The third-order valence-corrected chi connectivity index (χ3v) is 2.77. The molecule has 3 nitrogen and oxygen atoms in total. The Morgan fingerprint density at radius 1 is 1.16 bits per heavy atom. The van der Waals surface area contributed by atoms with E-state index in [-0.39, 0.29) is 0 Å². The molecule has 0 N–H and O–H groups in total. The lowest BCUT2D eigenvalue weighted by molar-refractivity contribution is -0.303. The van der Waals surface area contributed by atoms with Crippen molar-refractivity contribution in [1.82, 2.24) is 9.80 Å². The van der Waals surface area contributed by atoms with Gasteiger partial charge in [-0.05, 0) is 18.7 Å². The fourth-order valence-electron chi connectivity index (χ4n) is 1.74. The quantitative estimate of drug-likeness (QED) is 0.566. The zero-order chi connectivity index (χ0) is 14.5. The van der Waals surface area contributed by atoms with Gasteiger partial charge in [-0.3, -0.25) is 4.90 Å². The summed E-state index contributed by atoms with van der Waals surface area (Å²) < 4.78 is 39.3. The van der Waals surface area contributed by atoms with Crippen LogP contribution in [0.2, 0.25) is 0 Å². The van der Waals surface area contributed by atoms with Crippen LogP contribution in [-0.2, 0) is 4.74 Å². The molecule has 0 amide bonds. The highest BCUT2D eigenvalue weighted by atomic mass is 19.4. The molecule has 1 saturated heterocycles. The highest BCUT2D eigenvalue weighted by molar-refractivity contribution is 5.22. The first-order valence-electron chi connectivity index (χ1n) is 5.97. The number of nitrogens with zero attached hydrogens (tertiary/aromatic N) is 2. The molecule has 6 heteroatoms. The highest BCUT2D eigenvalue weighted by Gasteiger charge is 2.30. The first kappa shape index (κ1) is 15.8. The fourth-order valence-corrected chi connectivity index (χ4v) is 1.74. The second kappa shape index (κ2) is 6.77. The van der Waals surface area contributed by atoms with Crippen molar-refractivity contribution in [1.29, 1.82) is 0 Å². The van der Waals surface area contributed by atoms with E-state index in [1.165, 1.54) is 12.2 Å². The van der Waals surface area contributed by atoms with Crippen molar-refractivity contribution in [3.63, 3.8) is 0 Å². The summed E-state index contributed by atoms with van der Waals surface area (Å²) in [6, 6.07) is 0. The normalized spacial score (nSPS) is 18.7. The third kappa shape index (κ3) is 7.03. The summed E-state index contributed by atoms with van der Waals surface area (Å²) >= 11 is 0. The van der Waals surface area contributed by atoms with Crippen LogP contribution in [0.25, 0.3) is 0 Å². The van der Waals surface area contributed by atoms with Crippen molar-refractivity contribution < 1.29 is 17.9 Å². The molecule has 0 atom stereocenters. The van der Waals surface area contributed by atoms with Crippen LogP contribution < -0.4 is 0 Å². The molecule has 0 bridgehead atoms. The van der Waals surface area contributed by atoms with Gasteiger partial charge in [0.05, 0.1) is 0 Å². The van der Waals surface area contributed by atoms with Crippen LogP contribution in [0.3, 0.4) is 0 Å². The molecule has 0 saturated carbocycles. The van der Waals surface area contributed by atoms with Crippen molar-refractivity contribution in [2.45, 2.75) is 6.36 Å². The lowest BCUT2D eigenvalue weighted by atomic mass is 10.2. The Bertz CT molecular complexity index is 355. The van der Waals surface area contributed by atoms with Crippen LogP contribution in [0.5, 0.6) is 0 Å². The molecule has 0 aromatic carbocycles. The molecule has 19 heavy (non-hydrogen) atoms. The van der Waals surface area contributed by atoms with Gasteiger partial charge in [-0.25, -0.2) is 0 Å². The molecule has 1 aliphatic heterocycles. The van der Waals surface area contributed by atoms with E-state index in [4.69, 9.17) is 0 Å². The zero-order valence-corrected chi connectivity index (χ0v) is 11.0. The van der Waals surface area contributed by atoms with E-state index < -0.39 is 12.1 Å². The molecule has 0 unspecified atom stereocenters. The monoisotopic (exact) mass is 276 g/mol. The second-order valence-electron chi connectivity index (χ2n) is 4.59. The van der Waals surface area contributed by atoms with E-state index in [9.17, 15) is 13.2 Å². The molecule has 0 aliphatic carbocycles. The molecule has 0 spiro atoms. The number of halogens is 3. The number of allylic oxidation sites excluding steroid dienone is 1. The average molecular weight is 276 g/mol. The summed E-state index contributed by atoms with van der Waals surface area (Å²) in [6.07, 6.45) is -2.00. The van der Waals surface area contributed by atoms with E-state index in [0.29, 0.717) is 6.54 Å². The molecule has 0 aromatic rings. The third-order valence-electron chi connectivity index (χ3n) is 2.77. The Labute approximate surface area is 111 Å². The SMILES string of the molecule is C=C(/C=C\C(=C)OC(F)(F)F)CN1CCN(C)CC1. The molecule has 1 rings (SSSR count). The van der Waals surface area contributed by atoms with Crippen LogP contribution in [0.1, 0.15) is 0 Å². The molecule has 0 aromatic heterocycles. The van der Waals surface area contributed by atoms with Crippen molar-refractivity contribution in [3.05, 3.63) is 36.6 Å². The number of hydrogen-bond acceptors (Lipinski definition) is 3. The van der Waals surface area contributed by atoms with Gasteiger partial charge < -0.3 is 9.64 Å². The molecule has 0 radical (unpaired) electrons.